The van der Waals surface area contributed by atoms with E-state index in [1.807, 2.05) is 0 Å². The number of ether oxygens (including phenoxy) is 1. The van der Waals surface area contributed by atoms with Crippen LogP contribution in [-0.4, -0.2) is 25.5 Å². The lowest BCUT2D eigenvalue weighted by atomic mass is 9.97. The van der Waals surface area contributed by atoms with Crippen LogP contribution in [0, 0.1) is 0 Å². The Bertz CT molecular complexity index is 614. The smallest absolute Gasteiger partial charge is 0.313 e. The predicted molar refractivity (Wildman–Crippen MR) is 90.8 cm³/mol. The van der Waals surface area contributed by atoms with Crippen molar-refractivity contribution >= 4 is 29.1 Å². The number of halogens is 1. The molecule has 6 heteroatoms. The van der Waals surface area contributed by atoms with Crippen molar-refractivity contribution in [1.29, 1.82) is 0 Å². The Morgan fingerprint density at radius 1 is 1.26 bits per heavy atom. The summed E-state index contributed by atoms with van der Waals surface area (Å²) >= 11 is 5.98. The van der Waals surface area contributed by atoms with Gasteiger partial charge in [0.2, 0.25) is 0 Å². The molecule has 0 fully saturated rings. The van der Waals surface area contributed by atoms with E-state index in [0.29, 0.717) is 23.0 Å². The summed E-state index contributed by atoms with van der Waals surface area (Å²) in [6, 6.07) is 4.80. The molecule has 0 aliphatic heterocycles. The highest BCUT2D eigenvalue weighted by molar-refractivity contribution is 6.40. The maximum absolute atomic E-state index is 11.8. The molecule has 124 valence electrons. The third-order valence-electron chi connectivity index (χ3n) is 3.73. The Morgan fingerprint density at radius 3 is 2.74 bits per heavy atom. The van der Waals surface area contributed by atoms with Crippen molar-refractivity contribution in [3.8, 4) is 5.75 Å². The quantitative estimate of drug-likeness (QED) is 0.640. The van der Waals surface area contributed by atoms with Crippen molar-refractivity contribution < 1.29 is 14.3 Å². The number of anilines is 1. The first-order chi connectivity index (χ1) is 11.1. The zero-order valence-electron chi connectivity index (χ0n) is 13.2. The SMILES string of the molecule is COc1ccc(NC(=O)C(=O)NCCC2=CCCCC2)cc1Cl. The van der Waals surface area contributed by atoms with Crippen LogP contribution in [0.3, 0.4) is 0 Å². The fourth-order valence-corrected chi connectivity index (χ4v) is 2.74. The van der Waals surface area contributed by atoms with Crippen LogP contribution >= 0.6 is 11.6 Å². The molecule has 0 heterocycles. The average Bonchev–Trinajstić information content (AvgIpc) is 2.56. The Labute approximate surface area is 141 Å². The van der Waals surface area contributed by atoms with E-state index in [-0.39, 0.29) is 0 Å². The zero-order chi connectivity index (χ0) is 16.7. The molecule has 0 aromatic heterocycles. The van der Waals surface area contributed by atoms with Crippen LogP contribution in [0.4, 0.5) is 5.69 Å². The molecule has 1 aromatic rings. The molecule has 1 aromatic carbocycles. The molecule has 0 saturated heterocycles. The van der Waals surface area contributed by atoms with Crippen LogP contribution in [0.1, 0.15) is 32.1 Å². The minimum absolute atomic E-state index is 0.370. The van der Waals surface area contributed by atoms with E-state index in [1.165, 1.54) is 25.5 Å². The lowest BCUT2D eigenvalue weighted by molar-refractivity contribution is -0.136. The first-order valence-corrected chi connectivity index (χ1v) is 8.08. The second kappa shape index (κ2) is 8.58. The van der Waals surface area contributed by atoms with Gasteiger partial charge in [0.1, 0.15) is 5.75 Å². The highest BCUT2D eigenvalue weighted by atomic mass is 35.5. The monoisotopic (exact) mass is 336 g/mol. The van der Waals surface area contributed by atoms with Gasteiger partial charge in [-0.25, -0.2) is 0 Å². The van der Waals surface area contributed by atoms with Crippen molar-refractivity contribution in [2.75, 3.05) is 19.0 Å². The number of allylic oxidation sites excluding steroid dienone is 1. The highest BCUT2D eigenvalue weighted by Crippen LogP contribution is 2.27. The molecule has 0 saturated carbocycles. The summed E-state index contributed by atoms with van der Waals surface area (Å²) in [6.45, 7) is 0.474. The fourth-order valence-electron chi connectivity index (χ4n) is 2.48. The molecule has 0 spiro atoms. The molecular weight excluding hydrogens is 316 g/mol. The van der Waals surface area contributed by atoms with Crippen LogP contribution in [0.2, 0.25) is 5.02 Å². The number of amides is 2. The largest absolute Gasteiger partial charge is 0.495 e. The van der Waals surface area contributed by atoms with Gasteiger partial charge in [0.05, 0.1) is 12.1 Å². The minimum atomic E-state index is -0.705. The lowest BCUT2D eigenvalue weighted by Crippen LogP contribution is -2.36. The number of rotatable bonds is 5. The van der Waals surface area contributed by atoms with E-state index in [4.69, 9.17) is 16.3 Å². The highest BCUT2D eigenvalue weighted by Gasteiger charge is 2.14. The van der Waals surface area contributed by atoms with Gasteiger partial charge in [0.25, 0.3) is 0 Å². The number of hydrogen-bond donors (Lipinski definition) is 2. The fraction of sp³-hybridized carbons (Fsp3) is 0.412. The molecule has 2 N–H and O–H groups in total. The number of nitrogens with one attached hydrogen (secondary N) is 2. The first-order valence-electron chi connectivity index (χ1n) is 7.71. The normalized spacial score (nSPS) is 13.9. The van der Waals surface area contributed by atoms with Crippen molar-refractivity contribution in [2.45, 2.75) is 32.1 Å². The van der Waals surface area contributed by atoms with E-state index >= 15 is 0 Å². The number of hydrogen-bond acceptors (Lipinski definition) is 3. The van der Waals surface area contributed by atoms with Gasteiger partial charge in [-0.15, -0.1) is 0 Å². The minimum Gasteiger partial charge on any atom is -0.495 e. The molecule has 1 aliphatic carbocycles. The van der Waals surface area contributed by atoms with Gasteiger partial charge in [-0.2, -0.15) is 0 Å². The van der Waals surface area contributed by atoms with Gasteiger partial charge in [-0.3, -0.25) is 9.59 Å². The Morgan fingerprint density at radius 2 is 2.09 bits per heavy atom. The Hall–Kier alpha value is -2.01. The topological polar surface area (TPSA) is 67.4 Å². The number of benzene rings is 1. The molecule has 0 radical (unpaired) electrons. The van der Waals surface area contributed by atoms with Crippen LogP contribution < -0.4 is 15.4 Å². The van der Waals surface area contributed by atoms with Gasteiger partial charge in [-0.1, -0.05) is 23.3 Å². The third-order valence-corrected chi connectivity index (χ3v) is 4.03. The summed E-state index contributed by atoms with van der Waals surface area (Å²) in [6.07, 6.45) is 7.68. The van der Waals surface area contributed by atoms with Crippen molar-refractivity contribution in [2.24, 2.45) is 0 Å². The van der Waals surface area contributed by atoms with Crippen LogP contribution in [-0.2, 0) is 9.59 Å². The molecular formula is C17H21ClN2O3. The van der Waals surface area contributed by atoms with Crippen LogP contribution in [0.15, 0.2) is 29.8 Å². The molecule has 5 nitrogen and oxygen atoms in total. The summed E-state index contributed by atoms with van der Waals surface area (Å²) < 4.78 is 5.03. The van der Waals surface area contributed by atoms with E-state index in [0.717, 1.165) is 19.3 Å². The summed E-state index contributed by atoms with van der Waals surface area (Å²) in [5.74, 6) is -0.841. The van der Waals surface area contributed by atoms with E-state index < -0.39 is 11.8 Å². The summed E-state index contributed by atoms with van der Waals surface area (Å²) in [4.78, 5) is 23.6. The maximum atomic E-state index is 11.8. The second-order valence-electron chi connectivity index (χ2n) is 5.42. The number of carbonyl (C=O) groups excluding carboxylic acids is 2. The predicted octanol–water partition coefficient (Wildman–Crippen LogP) is 3.29. The van der Waals surface area contributed by atoms with Crippen LogP contribution in [0.25, 0.3) is 0 Å². The van der Waals surface area contributed by atoms with Crippen molar-refractivity contribution in [3.05, 3.63) is 34.9 Å². The summed E-state index contributed by atoms with van der Waals surface area (Å²) in [5, 5.41) is 5.52. The summed E-state index contributed by atoms with van der Waals surface area (Å²) in [7, 11) is 1.51. The Balaban J connectivity index is 1.79. The van der Waals surface area contributed by atoms with Crippen molar-refractivity contribution in [3.63, 3.8) is 0 Å². The molecule has 0 bridgehead atoms. The second-order valence-corrected chi connectivity index (χ2v) is 5.82. The van der Waals surface area contributed by atoms with E-state index in [9.17, 15) is 9.59 Å². The zero-order valence-corrected chi connectivity index (χ0v) is 13.9. The van der Waals surface area contributed by atoms with Gasteiger partial charge in [-0.05, 0) is 50.3 Å². The molecule has 0 atom stereocenters. The summed E-state index contributed by atoms with van der Waals surface area (Å²) in [5.41, 5.74) is 1.81. The van der Waals surface area contributed by atoms with Gasteiger partial charge >= 0.3 is 11.8 Å². The number of carbonyl (C=O) groups is 2. The number of methoxy groups -OCH3 is 1. The molecule has 2 amide bonds. The third kappa shape index (κ3) is 5.28. The molecule has 0 unspecified atom stereocenters. The van der Waals surface area contributed by atoms with E-state index in [1.54, 1.807) is 18.2 Å². The molecule has 1 aliphatic rings. The molecule has 2 rings (SSSR count). The lowest BCUT2D eigenvalue weighted by Gasteiger charge is -2.13. The first kappa shape index (κ1) is 17.3. The maximum Gasteiger partial charge on any atom is 0.313 e. The average molecular weight is 337 g/mol. The van der Waals surface area contributed by atoms with Gasteiger partial charge in [0, 0.05) is 12.2 Å². The molecule has 23 heavy (non-hydrogen) atoms. The van der Waals surface area contributed by atoms with Crippen LogP contribution in [0.5, 0.6) is 5.75 Å². The van der Waals surface area contributed by atoms with E-state index in [2.05, 4.69) is 16.7 Å². The van der Waals surface area contributed by atoms with Gasteiger partial charge in [0.15, 0.2) is 0 Å². The standard InChI is InChI=1S/C17H21ClN2O3/c1-23-15-8-7-13(11-14(15)18)20-17(22)16(21)19-10-9-12-5-3-2-4-6-12/h5,7-8,11H,2-4,6,9-10H2,1H3,(H,19,21)(H,20,22). The van der Waals surface area contributed by atoms with Crippen molar-refractivity contribution in [1.82, 2.24) is 5.32 Å². The van der Waals surface area contributed by atoms with Gasteiger partial charge < -0.3 is 15.4 Å². The Kier molecular flexibility index (Phi) is 6.47.